The van der Waals surface area contributed by atoms with E-state index in [-0.39, 0.29) is 11.6 Å². The van der Waals surface area contributed by atoms with Crippen molar-refractivity contribution in [2.75, 3.05) is 26.7 Å². The van der Waals surface area contributed by atoms with Crippen LogP contribution >= 0.6 is 12.2 Å². The number of pyridine rings is 1. The van der Waals surface area contributed by atoms with Crippen LogP contribution < -0.4 is 5.32 Å². The van der Waals surface area contributed by atoms with Gasteiger partial charge in [-0.05, 0) is 29.9 Å². The van der Waals surface area contributed by atoms with E-state index in [4.69, 9.17) is 17.0 Å². The van der Waals surface area contributed by atoms with Crippen molar-refractivity contribution in [2.24, 2.45) is 11.0 Å². The second-order valence-electron chi connectivity index (χ2n) is 7.00. The minimum atomic E-state index is -0.552. The Hall–Kier alpha value is -3.33. The fourth-order valence-electron chi connectivity index (χ4n) is 3.80. The first kappa shape index (κ1) is 20.0. The Morgan fingerprint density at radius 2 is 1.93 bits per heavy atom. The summed E-state index contributed by atoms with van der Waals surface area (Å²) in [5, 5.41) is 9.60. The van der Waals surface area contributed by atoms with Crippen LogP contribution in [0.25, 0.3) is 0 Å². The summed E-state index contributed by atoms with van der Waals surface area (Å²) in [5.74, 6) is -1.26. The smallest absolute Gasteiger partial charge is 0.354 e. The largest absolute Gasteiger partial charge is 0.464 e. The van der Waals surface area contributed by atoms with E-state index >= 15 is 0 Å². The van der Waals surface area contributed by atoms with Crippen LogP contribution in [0, 0.1) is 5.92 Å². The molecule has 0 unspecified atom stereocenters. The number of amides is 1. The predicted molar refractivity (Wildman–Crippen MR) is 115 cm³/mol. The molecule has 2 aliphatic rings. The molecule has 2 atom stereocenters. The van der Waals surface area contributed by atoms with Crippen molar-refractivity contribution in [1.82, 2.24) is 20.2 Å². The number of esters is 1. The monoisotopic (exact) mass is 423 g/mol. The molecular formula is C21H21N5O3S. The molecule has 2 aromatic rings. The summed E-state index contributed by atoms with van der Waals surface area (Å²) in [6, 6.07) is 12.4. The molecule has 1 amide bonds. The van der Waals surface area contributed by atoms with Crippen LogP contribution in [0.4, 0.5) is 0 Å². The van der Waals surface area contributed by atoms with Crippen LogP contribution in [0.3, 0.4) is 0 Å². The van der Waals surface area contributed by atoms with Crippen LogP contribution in [0.15, 0.2) is 60.0 Å². The number of thiocarbonyl (C=S) groups is 1. The highest BCUT2D eigenvalue weighted by atomic mass is 32.1. The summed E-state index contributed by atoms with van der Waals surface area (Å²) < 4.78 is 4.99. The molecule has 0 aliphatic carbocycles. The molecular weight excluding hydrogens is 402 g/mol. The Balaban J connectivity index is 1.77. The van der Waals surface area contributed by atoms with Crippen LogP contribution in [-0.2, 0) is 9.53 Å². The molecule has 3 heterocycles. The third-order valence-electron chi connectivity index (χ3n) is 5.24. The van der Waals surface area contributed by atoms with Gasteiger partial charge in [0.25, 0.3) is 5.91 Å². The van der Waals surface area contributed by atoms with Crippen LogP contribution in [-0.4, -0.2) is 64.3 Å². The lowest BCUT2D eigenvalue weighted by Crippen LogP contribution is -2.40. The van der Waals surface area contributed by atoms with E-state index in [0.717, 1.165) is 18.7 Å². The average Bonchev–Trinajstić information content (AvgIpc) is 3.37. The zero-order chi connectivity index (χ0) is 21.1. The van der Waals surface area contributed by atoms with Gasteiger partial charge in [-0.15, -0.1) is 0 Å². The third-order valence-corrected chi connectivity index (χ3v) is 5.65. The molecule has 9 heteroatoms. The summed E-state index contributed by atoms with van der Waals surface area (Å²) >= 11 is 5.39. The van der Waals surface area contributed by atoms with Gasteiger partial charge in [0.05, 0.1) is 19.1 Å². The van der Waals surface area contributed by atoms with E-state index in [1.54, 1.807) is 24.5 Å². The zero-order valence-electron chi connectivity index (χ0n) is 16.4. The van der Waals surface area contributed by atoms with Crippen LogP contribution in [0.1, 0.15) is 22.0 Å². The van der Waals surface area contributed by atoms with Gasteiger partial charge in [-0.2, -0.15) is 5.10 Å². The fourth-order valence-corrected chi connectivity index (χ4v) is 4.07. The minimum Gasteiger partial charge on any atom is -0.464 e. The van der Waals surface area contributed by atoms with Crippen molar-refractivity contribution in [2.45, 2.75) is 6.04 Å². The van der Waals surface area contributed by atoms with E-state index < -0.39 is 17.9 Å². The molecule has 0 bridgehead atoms. The summed E-state index contributed by atoms with van der Waals surface area (Å²) in [5.41, 5.74) is 1.53. The highest BCUT2D eigenvalue weighted by Gasteiger charge is 2.46. The number of methoxy groups -OCH3 is 1. The summed E-state index contributed by atoms with van der Waals surface area (Å²) in [4.78, 5) is 31.9. The number of hydrazone groups is 1. The number of aromatic nitrogens is 1. The zero-order valence-corrected chi connectivity index (χ0v) is 17.2. The quantitative estimate of drug-likeness (QED) is 0.578. The van der Waals surface area contributed by atoms with E-state index in [1.165, 1.54) is 12.1 Å². The first-order valence-corrected chi connectivity index (χ1v) is 9.99. The number of carbonyl (C=O) groups is 2. The standard InChI is InChI=1S/C21H21N5O3S/c1-29-20(28)17-16(13-25-12-11-23-21(25)30)18(14-5-3-2-4-6-14)26(24-17)19(27)15-7-9-22-10-8-15/h2-10,16,18H,11-13H2,1H3,(H,23,30)/t16-,18-/m1/s1. The Labute approximate surface area is 179 Å². The molecule has 154 valence electrons. The maximum Gasteiger partial charge on any atom is 0.354 e. The first-order valence-electron chi connectivity index (χ1n) is 9.58. The van der Waals surface area contributed by atoms with Gasteiger partial charge in [-0.1, -0.05) is 30.3 Å². The number of hydrogen-bond acceptors (Lipinski definition) is 6. The topological polar surface area (TPSA) is 87.1 Å². The van der Waals surface area contributed by atoms with Gasteiger partial charge in [0.15, 0.2) is 10.8 Å². The number of carbonyl (C=O) groups excluding carboxylic acids is 2. The van der Waals surface area contributed by atoms with Gasteiger partial charge < -0.3 is 15.0 Å². The molecule has 4 rings (SSSR count). The lowest BCUT2D eigenvalue weighted by molar-refractivity contribution is -0.133. The first-order chi connectivity index (χ1) is 14.6. The maximum atomic E-state index is 13.3. The van der Waals surface area contributed by atoms with Gasteiger partial charge in [-0.3, -0.25) is 9.78 Å². The summed E-state index contributed by atoms with van der Waals surface area (Å²) in [6.07, 6.45) is 3.11. The Morgan fingerprint density at radius 1 is 1.20 bits per heavy atom. The van der Waals surface area contributed by atoms with Crippen molar-refractivity contribution in [3.8, 4) is 0 Å². The molecule has 2 aliphatic heterocycles. The number of ether oxygens (including phenoxy) is 1. The molecule has 8 nitrogen and oxygen atoms in total. The molecule has 1 saturated heterocycles. The predicted octanol–water partition coefficient (Wildman–Crippen LogP) is 1.61. The fraction of sp³-hybridized carbons (Fsp3) is 0.286. The highest BCUT2D eigenvalue weighted by Crippen LogP contribution is 2.38. The Kier molecular flexibility index (Phi) is 5.71. The van der Waals surface area contributed by atoms with Crippen molar-refractivity contribution < 1.29 is 14.3 Å². The molecule has 1 aromatic carbocycles. The van der Waals surface area contributed by atoms with Crippen molar-refractivity contribution in [1.29, 1.82) is 0 Å². The van der Waals surface area contributed by atoms with Gasteiger partial charge in [0, 0.05) is 37.6 Å². The number of nitrogens with zero attached hydrogens (tertiary/aromatic N) is 4. The van der Waals surface area contributed by atoms with Crippen LogP contribution in [0.5, 0.6) is 0 Å². The normalized spacial score (nSPS) is 20.7. The van der Waals surface area contributed by atoms with Gasteiger partial charge in [-0.25, -0.2) is 9.80 Å². The molecule has 1 N–H and O–H groups in total. The molecule has 1 aromatic heterocycles. The SMILES string of the molecule is COC(=O)C1=NN(C(=O)c2ccncc2)[C@H](c2ccccc2)[C@@H]1CN1CCNC1=S. The summed E-state index contributed by atoms with van der Waals surface area (Å²) in [7, 11) is 1.31. The number of hydrogen-bond donors (Lipinski definition) is 1. The highest BCUT2D eigenvalue weighted by molar-refractivity contribution is 7.80. The van der Waals surface area contributed by atoms with Crippen molar-refractivity contribution in [3.63, 3.8) is 0 Å². The number of benzene rings is 1. The Bertz CT molecular complexity index is 983. The van der Waals surface area contributed by atoms with E-state index in [1.807, 2.05) is 35.2 Å². The summed E-state index contributed by atoms with van der Waals surface area (Å²) in [6.45, 7) is 1.91. The average molecular weight is 423 g/mol. The number of nitrogens with one attached hydrogen (secondary N) is 1. The molecule has 30 heavy (non-hydrogen) atoms. The second-order valence-corrected chi connectivity index (χ2v) is 7.39. The lowest BCUT2D eigenvalue weighted by Gasteiger charge is -2.30. The van der Waals surface area contributed by atoms with E-state index in [2.05, 4.69) is 15.4 Å². The molecule has 0 spiro atoms. The minimum absolute atomic E-state index is 0.212. The van der Waals surface area contributed by atoms with Crippen molar-refractivity contribution in [3.05, 3.63) is 66.0 Å². The molecule has 1 fully saturated rings. The van der Waals surface area contributed by atoms with Crippen molar-refractivity contribution >= 4 is 34.9 Å². The lowest BCUT2D eigenvalue weighted by atomic mass is 9.89. The Morgan fingerprint density at radius 3 is 2.57 bits per heavy atom. The third kappa shape index (κ3) is 3.76. The molecule has 0 radical (unpaired) electrons. The van der Waals surface area contributed by atoms with Crippen LogP contribution in [0.2, 0.25) is 0 Å². The van der Waals surface area contributed by atoms with E-state index in [9.17, 15) is 9.59 Å². The second kappa shape index (κ2) is 8.58. The number of rotatable bonds is 5. The molecule has 0 saturated carbocycles. The van der Waals surface area contributed by atoms with Gasteiger partial charge >= 0.3 is 5.97 Å². The maximum absolute atomic E-state index is 13.3. The van der Waals surface area contributed by atoms with Gasteiger partial charge in [0.1, 0.15) is 0 Å². The van der Waals surface area contributed by atoms with Gasteiger partial charge in [0.2, 0.25) is 0 Å². The van der Waals surface area contributed by atoms with E-state index in [0.29, 0.717) is 17.2 Å².